The first-order valence-electron chi connectivity index (χ1n) is 16.2. The Labute approximate surface area is 272 Å². The molecule has 2 amide bonds. The van der Waals surface area contributed by atoms with Crippen LogP contribution in [0.2, 0.25) is 0 Å². The molecule has 5 N–H and O–H groups in total. The third-order valence-corrected chi connectivity index (χ3v) is 8.62. The molecule has 1 aliphatic rings. The highest BCUT2D eigenvalue weighted by atomic mass is 16.5. The molecule has 0 radical (unpaired) electrons. The number of rotatable bonds is 11. The van der Waals surface area contributed by atoms with Gasteiger partial charge in [-0.25, -0.2) is 0 Å². The summed E-state index contributed by atoms with van der Waals surface area (Å²) in [7, 11) is 0. The highest BCUT2D eigenvalue weighted by molar-refractivity contribution is 6.05. The van der Waals surface area contributed by atoms with Gasteiger partial charge in [0.05, 0.1) is 12.3 Å². The Morgan fingerprint density at radius 3 is 2.30 bits per heavy atom. The van der Waals surface area contributed by atoms with E-state index in [-0.39, 0.29) is 17.9 Å². The number of carbonyl (C=O) groups excluding carboxylic acids is 2. The Bertz CT molecular complexity index is 1660. The molecular weight excluding hydrogens is 574 g/mol. The smallest absolute Gasteiger partial charge is 0.257 e. The van der Waals surface area contributed by atoms with Gasteiger partial charge in [-0.05, 0) is 60.7 Å². The van der Waals surface area contributed by atoms with Gasteiger partial charge in [-0.1, -0.05) is 79.2 Å². The third-order valence-electron chi connectivity index (χ3n) is 8.62. The van der Waals surface area contributed by atoms with Crippen LogP contribution in [-0.4, -0.2) is 62.1 Å². The maximum absolute atomic E-state index is 14.2. The van der Waals surface area contributed by atoms with Crippen molar-refractivity contribution in [3.63, 3.8) is 0 Å². The van der Waals surface area contributed by atoms with Gasteiger partial charge in [0.15, 0.2) is 0 Å². The first-order valence-corrected chi connectivity index (χ1v) is 16.2. The predicted molar refractivity (Wildman–Crippen MR) is 186 cm³/mol. The van der Waals surface area contributed by atoms with E-state index in [1.54, 1.807) is 0 Å². The van der Waals surface area contributed by atoms with Crippen LogP contribution in [0.15, 0.2) is 84.9 Å². The van der Waals surface area contributed by atoms with Crippen molar-refractivity contribution in [1.82, 2.24) is 10.2 Å². The average molecular weight is 620 g/mol. The number of piperazine rings is 1. The molecule has 240 valence electrons. The first-order chi connectivity index (χ1) is 22.4. The number of nitrogens with one attached hydrogen (secondary N) is 1. The molecular formula is C38H45N5O3. The SMILES string of the molecule is CCOc1c(-c2ccccc2)ccc(N2CCN(C(=O)c3ccc(C)cc3-c3ccc(CN)cc3)C[C@H]2CC)c1C(=O)NCCN. The van der Waals surface area contributed by atoms with Crippen molar-refractivity contribution in [2.45, 2.75) is 39.8 Å². The summed E-state index contributed by atoms with van der Waals surface area (Å²) in [5.74, 6) is 0.338. The molecule has 4 aromatic carbocycles. The number of hydrogen-bond donors (Lipinski definition) is 3. The summed E-state index contributed by atoms with van der Waals surface area (Å²) in [6.45, 7) is 9.28. The number of nitrogens with two attached hydrogens (primary N) is 2. The molecule has 4 aromatic rings. The van der Waals surface area contributed by atoms with Crippen molar-refractivity contribution in [3.8, 4) is 28.0 Å². The zero-order valence-corrected chi connectivity index (χ0v) is 27.1. The number of hydrogen-bond acceptors (Lipinski definition) is 6. The Morgan fingerprint density at radius 1 is 0.891 bits per heavy atom. The van der Waals surface area contributed by atoms with Crippen molar-refractivity contribution in [2.24, 2.45) is 11.5 Å². The molecule has 1 aliphatic heterocycles. The van der Waals surface area contributed by atoms with Crippen LogP contribution in [0.1, 0.15) is 52.1 Å². The fraction of sp³-hybridized carbons (Fsp3) is 0.316. The minimum absolute atomic E-state index is 0.00587. The predicted octanol–water partition coefficient (Wildman–Crippen LogP) is 5.62. The van der Waals surface area contributed by atoms with Crippen molar-refractivity contribution < 1.29 is 14.3 Å². The van der Waals surface area contributed by atoms with Crippen LogP contribution in [0.3, 0.4) is 0 Å². The lowest BCUT2D eigenvalue weighted by Crippen LogP contribution is -2.55. The highest BCUT2D eigenvalue weighted by Crippen LogP contribution is 2.40. The number of nitrogens with zero attached hydrogens (tertiary/aromatic N) is 2. The van der Waals surface area contributed by atoms with Crippen LogP contribution in [0.25, 0.3) is 22.3 Å². The summed E-state index contributed by atoms with van der Waals surface area (Å²) in [5.41, 5.74) is 19.4. The van der Waals surface area contributed by atoms with E-state index in [2.05, 4.69) is 23.2 Å². The highest BCUT2D eigenvalue weighted by Gasteiger charge is 2.34. The quantitative estimate of drug-likeness (QED) is 0.201. The van der Waals surface area contributed by atoms with Crippen LogP contribution in [0.5, 0.6) is 5.75 Å². The average Bonchev–Trinajstić information content (AvgIpc) is 3.10. The Kier molecular flexibility index (Phi) is 10.7. The zero-order chi connectivity index (χ0) is 32.6. The molecule has 0 unspecified atom stereocenters. The Balaban J connectivity index is 1.49. The molecule has 0 saturated carbocycles. The van der Waals surface area contributed by atoms with Crippen molar-refractivity contribution in [1.29, 1.82) is 0 Å². The molecule has 1 atom stereocenters. The second-order valence-corrected chi connectivity index (χ2v) is 11.6. The second kappa shape index (κ2) is 15.1. The van der Waals surface area contributed by atoms with E-state index in [1.807, 2.05) is 97.6 Å². The molecule has 0 bridgehead atoms. The molecule has 1 heterocycles. The van der Waals surface area contributed by atoms with Crippen LogP contribution in [0, 0.1) is 6.92 Å². The van der Waals surface area contributed by atoms with E-state index in [1.165, 1.54) is 0 Å². The number of carbonyl (C=O) groups is 2. The third kappa shape index (κ3) is 6.93. The van der Waals surface area contributed by atoms with E-state index in [0.717, 1.165) is 45.5 Å². The fourth-order valence-electron chi connectivity index (χ4n) is 6.22. The van der Waals surface area contributed by atoms with Crippen LogP contribution in [0.4, 0.5) is 5.69 Å². The lowest BCUT2D eigenvalue weighted by molar-refractivity contribution is 0.0720. The van der Waals surface area contributed by atoms with E-state index < -0.39 is 0 Å². The van der Waals surface area contributed by atoms with Gasteiger partial charge in [-0.3, -0.25) is 9.59 Å². The van der Waals surface area contributed by atoms with Crippen molar-refractivity contribution >= 4 is 17.5 Å². The van der Waals surface area contributed by atoms with Gasteiger partial charge < -0.3 is 31.3 Å². The zero-order valence-electron chi connectivity index (χ0n) is 27.1. The van der Waals surface area contributed by atoms with E-state index in [4.69, 9.17) is 16.2 Å². The lowest BCUT2D eigenvalue weighted by Gasteiger charge is -2.43. The minimum atomic E-state index is -0.222. The largest absolute Gasteiger partial charge is 0.492 e. The van der Waals surface area contributed by atoms with Crippen LogP contribution >= 0.6 is 0 Å². The second-order valence-electron chi connectivity index (χ2n) is 11.6. The Morgan fingerprint density at radius 2 is 1.63 bits per heavy atom. The van der Waals surface area contributed by atoms with Crippen molar-refractivity contribution in [2.75, 3.05) is 44.2 Å². The van der Waals surface area contributed by atoms with Gasteiger partial charge in [0.1, 0.15) is 11.3 Å². The topological polar surface area (TPSA) is 114 Å². The fourth-order valence-corrected chi connectivity index (χ4v) is 6.22. The monoisotopic (exact) mass is 619 g/mol. The van der Waals surface area contributed by atoms with Gasteiger partial charge in [-0.15, -0.1) is 0 Å². The number of benzene rings is 4. The maximum atomic E-state index is 14.2. The first kappa shape index (κ1) is 32.7. The van der Waals surface area contributed by atoms with Gasteiger partial charge in [0.2, 0.25) is 0 Å². The summed E-state index contributed by atoms with van der Waals surface area (Å²) in [5, 5.41) is 2.98. The summed E-state index contributed by atoms with van der Waals surface area (Å²) >= 11 is 0. The molecule has 46 heavy (non-hydrogen) atoms. The number of anilines is 1. The standard InChI is InChI=1S/C38H45N5O3/c1-4-30-25-42(38(45)32-16-11-26(3)23-33(32)29-14-12-27(24-40)13-15-29)21-22-43(30)34-18-17-31(28-9-7-6-8-10-28)36(46-5-2)35(34)37(44)41-20-19-39/h6-18,23,30H,4-5,19-22,24-25,39-40H2,1-3H3,(H,41,44)/t30-/m1/s1. The molecule has 0 spiro atoms. The maximum Gasteiger partial charge on any atom is 0.257 e. The summed E-state index contributed by atoms with van der Waals surface area (Å²) in [6, 6.07) is 28.1. The van der Waals surface area contributed by atoms with Crippen LogP contribution in [-0.2, 0) is 6.54 Å². The molecule has 0 aromatic heterocycles. The number of amides is 2. The molecule has 8 heteroatoms. The molecule has 1 fully saturated rings. The van der Waals surface area contributed by atoms with E-state index >= 15 is 0 Å². The van der Waals surface area contributed by atoms with E-state index in [9.17, 15) is 9.59 Å². The molecule has 1 saturated heterocycles. The minimum Gasteiger partial charge on any atom is -0.492 e. The summed E-state index contributed by atoms with van der Waals surface area (Å²) in [6.07, 6.45) is 0.791. The normalized spacial score (nSPS) is 14.7. The van der Waals surface area contributed by atoms with Gasteiger partial charge in [0.25, 0.3) is 11.8 Å². The number of aryl methyl sites for hydroxylation is 1. The summed E-state index contributed by atoms with van der Waals surface area (Å²) in [4.78, 5) is 32.2. The van der Waals surface area contributed by atoms with Crippen molar-refractivity contribution in [3.05, 3.63) is 107 Å². The molecule has 0 aliphatic carbocycles. The van der Waals surface area contributed by atoms with Crippen LogP contribution < -0.4 is 26.4 Å². The molecule has 8 nitrogen and oxygen atoms in total. The van der Waals surface area contributed by atoms with Gasteiger partial charge in [0, 0.05) is 56.4 Å². The molecule has 5 rings (SSSR count). The van der Waals surface area contributed by atoms with E-state index in [0.29, 0.717) is 62.8 Å². The van der Waals surface area contributed by atoms with Gasteiger partial charge in [-0.2, -0.15) is 0 Å². The summed E-state index contributed by atoms with van der Waals surface area (Å²) < 4.78 is 6.23. The Hall–Kier alpha value is -4.66. The van der Waals surface area contributed by atoms with Gasteiger partial charge >= 0.3 is 0 Å². The lowest BCUT2D eigenvalue weighted by atomic mass is 9.95. The number of ether oxygens (including phenoxy) is 1.